The highest BCUT2D eigenvalue weighted by Gasteiger charge is 2.15. The van der Waals surface area contributed by atoms with Crippen molar-refractivity contribution in [1.82, 2.24) is 10.1 Å². The van der Waals surface area contributed by atoms with Gasteiger partial charge in [-0.15, -0.1) is 6.58 Å². The number of nitrogens with zero attached hydrogens (tertiary/aromatic N) is 2. The zero-order valence-electron chi connectivity index (χ0n) is 10.1. The van der Waals surface area contributed by atoms with Crippen molar-refractivity contribution in [3.8, 4) is 11.4 Å². The molecule has 0 saturated carbocycles. The van der Waals surface area contributed by atoms with Crippen molar-refractivity contribution in [3.63, 3.8) is 0 Å². The molecule has 2 N–H and O–H groups in total. The molecule has 0 aliphatic rings. The van der Waals surface area contributed by atoms with Crippen LogP contribution < -0.4 is 5.73 Å². The summed E-state index contributed by atoms with van der Waals surface area (Å²) in [6.07, 6.45) is 2.23. The molecule has 5 heteroatoms. The Morgan fingerprint density at radius 2 is 2.33 bits per heavy atom. The monoisotopic (exact) mass is 247 g/mol. The van der Waals surface area contributed by atoms with Crippen LogP contribution in [0.15, 0.2) is 35.4 Å². The molecule has 18 heavy (non-hydrogen) atoms. The number of nitrogens with two attached hydrogens (primary N) is 1. The Bertz CT molecular complexity index is 565. The van der Waals surface area contributed by atoms with Crippen LogP contribution in [0.3, 0.4) is 0 Å². The predicted molar refractivity (Wildman–Crippen MR) is 66.2 cm³/mol. The second-order valence-electron chi connectivity index (χ2n) is 4.05. The summed E-state index contributed by atoms with van der Waals surface area (Å²) in [6, 6.07) is 4.42. The van der Waals surface area contributed by atoms with Gasteiger partial charge >= 0.3 is 0 Å². The lowest BCUT2D eigenvalue weighted by atomic mass is 10.1. The first kappa shape index (κ1) is 12.4. The van der Waals surface area contributed by atoms with Crippen LogP contribution in [0, 0.1) is 12.7 Å². The van der Waals surface area contributed by atoms with Gasteiger partial charge in [0.15, 0.2) is 0 Å². The van der Waals surface area contributed by atoms with E-state index < -0.39 is 0 Å². The molecule has 0 saturated heterocycles. The number of aryl methyl sites for hydroxylation is 1. The highest BCUT2D eigenvalue weighted by molar-refractivity contribution is 5.54. The molecule has 1 unspecified atom stereocenters. The zero-order chi connectivity index (χ0) is 13.1. The van der Waals surface area contributed by atoms with E-state index in [1.54, 1.807) is 25.1 Å². The number of aromatic nitrogens is 2. The molecule has 1 atom stereocenters. The highest BCUT2D eigenvalue weighted by Crippen LogP contribution is 2.21. The Labute approximate surface area is 104 Å². The first-order valence-corrected chi connectivity index (χ1v) is 5.58. The topological polar surface area (TPSA) is 64.9 Å². The number of hydrogen-bond acceptors (Lipinski definition) is 4. The third-order valence-electron chi connectivity index (χ3n) is 2.61. The first-order chi connectivity index (χ1) is 8.61. The molecule has 1 aromatic carbocycles. The van der Waals surface area contributed by atoms with Gasteiger partial charge in [0, 0.05) is 5.56 Å². The smallest absolute Gasteiger partial charge is 0.244 e. The third kappa shape index (κ3) is 2.46. The summed E-state index contributed by atoms with van der Waals surface area (Å²) in [5, 5.41) is 3.79. The van der Waals surface area contributed by atoms with Crippen molar-refractivity contribution in [2.24, 2.45) is 5.73 Å². The van der Waals surface area contributed by atoms with Gasteiger partial charge in [0.05, 0.1) is 6.04 Å². The molecule has 0 spiro atoms. The van der Waals surface area contributed by atoms with Crippen LogP contribution in [-0.4, -0.2) is 10.1 Å². The first-order valence-electron chi connectivity index (χ1n) is 5.58. The molecule has 0 aliphatic heterocycles. The maximum absolute atomic E-state index is 13.4. The SMILES string of the molecule is C=CCC(N)c1nc(-c2ccc(C)c(F)c2)no1. The minimum atomic E-state index is -0.376. The van der Waals surface area contributed by atoms with Gasteiger partial charge < -0.3 is 10.3 Å². The predicted octanol–water partition coefficient (Wildman–Crippen LogP) is 2.76. The van der Waals surface area contributed by atoms with E-state index in [9.17, 15) is 4.39 Å². The van der Waals surface area contributed by atoms with Gasteiger partial charge in [-0.05, 0) is 25.0 Å². The van der Waals surface area contributed by atoms with Crippen LogP contribution in [0.4, 0.5) is 4.39 Å². The lowest BCUT2D eigenvalue weighted by Crippen LogP contribution is -2.09. The Hall–Kier alpha value is -2.01. The van der Waals surface area contributed by atoms with E-state index in [-0.39, 0.29) is 11.9 Å². The average molecular weight is 247 g/mol. The molecule has 0 amide bonds. The fourth-order valence-corrected chi connectivity index (χ4v) is 1.52. The van der Waals surface area contributed by atoms with Crippen molar-refractivity contribution in [2.75, 3.05) is 0 Å². The second-order valence-corrected chi connectivity index (χ2v) is 4.05. The summed E-state index contributed by atoms with van der Waals surface area (Å²) in [5.41, 5.74) is 6.95. The molecular weight excluding hydrogens is 233 g/mol. The average Bonchev–Trinajstić information content (AvgIpc) is 2.82. The molecule has 1 heterocycles. The number of rotatable bonds is 4. The van der Waals surface area contributed by atoms with Gasteiger partial charge in [0.1, 0.15) is 5.82 Å². The summed E-state index contributed by atoms with van der Waals surface area (Å²) < 4.78 is 18.5. The lowest BCUT2D eigenvalue weighted by Gasteiger charge is -2.00. The molecule has 94 valence electrons. The van der Waals surface area contributed by atoms with Gasteiger partial charge in [-0.25, -0.2) is 4.39 Å². The Balaban J connectivity index is 2.28. The second kappa shape index (κ2) is 5.10. The summed E-state index contributed by atoms with van der Waals surface area (Å²) in [4.78, 5) is 4.15. The fourth-order valence-electron chi connectivity index (χ4n) is 1.52. The van der Waals surface area contributed by atoms with Crippen LogP contribution >= 0.6 is 0 Å². The molecule has 0 bridgehead atoms. The van der Waals surface area contributed by atoms with Crippen molar-refractivity contribution in [1.29, 1.82) is 0 Å². The van der Waals surface area contributed by atoms with Gasteiger partial charge in [-0.3, -0.25) is 0 Å². The van der Waals surface area contributed by atoms with Crippen molar-refractivity contribution in [2.45, 2.75) is 19.4 Å². The lowest BCUT2D eigenvalue weighted by molar-refractivity contribution is 0.356. The number of hydrogen-bond donors (Lipinski definition) is 1. The molecule has 0 fully saturated rings. The quantitative estimate of drug-likeness (QED) is 0.844. The van der Waals surface area contributed by atoms with E-state index in [0.29, 0.717) is 29.3 Å². The van der Waals surface area contributed by atoms with E-state index in [1.807, 2.05) is 0 Å². The maximum Gasteiger partial charge on any atom is 0.244 e. The Morgan fingerprint density at radius 3 is 3.00 bits per heavy atom. The molecule has 1 aromatic heterocycles. The van der Waals surface area contributed by atoms with E-state index in [4.69, 9.17) is 10.3 Å². The largest absolute Gasteiger partial charge is 0.337 e. The van der Waals surface area contributed by atoms with Gasteiger partial charge in [-0.2, -0.15) is 4.98 Å². The molecule has 0 aliphatic carbocycles. The van der Waals surface area contributed by atoms with Crippen molar-refractivity contribution >= 4 is 0 Å². The van der Waals surface area contributed by atoms with E-state index in [1.165, 1.54) is 6.07 Å². The molecule has 2 rings (SSSR count). The van der Waals surface area contributed by atoms with E-state index >= 15 is 0 Å². The highest BCUT2D eigenvalue weighted by atomic mass is 19.1. The molecule has 0 radical (unpaired) electrons. The number of halogens is 1. The Kier molecular flexibility index (Phi) is 3.53. The minimum absolute atomic E-state index is 0.297. The van der Waals surface area contributed by atoms with Crippen LogP contribution in [0.5, 0.6) is 0 Å². The molecular formula is C13H14FN3O. The molecule has 4 nitrogen and oxygen atoms in total. The zero-order valence-corrected chi connectivity index (χ0v) is 10.1. The fraction of sp³-hybridized carbons (Fsp3) is 0.231. The van der Waals surface area contributed by atoms with Crippen LogP contribution in [0.2, 0.25) is 0 Å². The summed E-state index contributed by atoms with van der Waals surface area (Å²) >= 11 is 0. The van der Waals surface area contributed by atoms with Gasteiger partial charge in [-0.1, -0.05) is 23.4 Å². The molecule has 2 aromatic rings. The minimum Gasteiger partial charge on any atom is -0.337 e. The van der Waals surface area contributed by atoms with E-state index in [2.05, 4.69) is 16.7 Å². The maximum atomic E-state index is 13.4. The third-order valence-corrected chi connectivity index (χ3v) is 2.61. The van der Waals surface area contributed by atoms with Crippen LogP contribution in [0.1, 0.15) is 23.9 Å². The summed E-state index contributed by atoms with van der Waals surface area (Å²) in [7, 11) is 0. The summed E-state index contributed by atoms with van der Waals surface area (Å²) in [6.45, 7) is 5.29. The van der Waals surface area contributed by atoms with Crippen LogP contribution in [0.25, 0.3) is 11.4 Å². The van der Waals surface area contributed by atoms with Crippen LogP contribution in [-0.2, 0) is 0 Å². The van der Waals surface area contributed by atoms with Crippen molar-refractivity contribution < 1.29 is 8.91 Å². The van der Waals surface area contributed by atoms with E-state index in [0.717, 1.165) is 0 Å². The standard InChI is InChI=1S/C13H14FN3O/c1-3-4-11(15)13-16-12(17-18-13)9-6-5-8(2)10(14)7-9/h3,5-7,11H,1,4,15H2,2H3. The van der Waals surface area contributed by atoms with Crippen molar-refractivity contribution in [3.05, 3.63) is 48.1 Å². The number of benzene rings is 1. The summed E-state index contributed by atoms with van der Waals surface area (Å²) in [5.74, 6) is 0.364. The van der Waals surface area contributed by atoms with Gasteiger partial charge in [0.2, 0.25) is 11.7 Å². The Morgan fingerprint density at radius 1 is 1.56 bits per heavy atom. The normalized spacial score (nSPS) is 12.4. The van der Waals surface area contributed by atoms with Gasteiger partial charge in [0.25, 0.3) is 0 Å².